The van der Waals surface area contributed by atoms with Crippen LogP contribution >= 0.6 is 0 Å². The van der Waals surface area contributed by atoms with Gasteiger partial charge in [-0.15, -0.1) is 0 Å². The maximum atomic E-state index is 13.0. The van der Waals surface area contributed by atoms with Gasteiger partial charge in [-0.1, -0.05) is 61.5 Å². The van der Waals surface area contributed by atoms with E-state index >= 15 is 0 Å². The van der Waals surface area contributed by atoms with Crippen molar-refractivity contribution in [2.45, 2.75) is 45.1 Å². The minimum atomic E-state index is -0.266. The van der Waals surface area contributed by atoms with Crippen LogP contribution in [-0.4, -0.2) is 35.0 Å². The number of benzene rings is 2. The first-order valence-electron chi connectivity index (χ1n) is 11.2. The predicted octanol–water partition coefficient (Wildman–Crippen LogP) is 4.75. The Kier molecular flexibility index (Phi) is 6.69. The fourth-order valence-corrected chi connectivity index (χ4v) is 4.04. The Hall–Kier alpha value is -3.41. The van der Waals surface area contributed by atoms with Crippen molar-refractivity contribution in [2.75, 3.05) is 13.1 Å². The van der Waals surface area contributed by atoms with Gasteiger partial charge in [-0.3, -0.25) is 9.59 Å². The lowest BCUT2D eigenvalue weighted by atomic mass is 9.94. The molecule has 1 aliphatic heterocycles. The Labute approximate surface area is 188 Å². The second kappa shape index (κ2) is 9.81. The zero-order valence-corrected chi connectivity index (χ0v) is 18.6. The maximum absolute atomic E-state index is 13.0. The number of hydrogen-bond acceptors (Lipinski definition) is 4. The molecule has 1 fully saturated rings. The highest BCUT2D eigenvalue weighted by molar-refractivity contribution is 5.94. The third-order valence-corrected chi connectivity index (χ3v) is 5.99. The minimum Gasteiger partial charge on any atom is -0.360 e. The predicted molar refractivity (Wildman–Crippen MR) is 123 cm³/mol. The summed E-state index contributed by atoms with van der Waals surface area (Å²) in [6, 6.07) is 19.3. The highest BCUT2D eigenvalue weighted by Gasteiger charge is 2.28. The fourth-order valence-electron chi connectivity index (χ4n) is 4.04. The summed E-state index contributed by atoms with van der Waals surface area (Å²) in [6.45, 7) is 5.99. The third kappa shape index (κ3) is 5.07. The normalized spacial score (nSPS) is 16.2. The van der Waals surface area contributed by atoms with Crippen molar-refractivity contribution in [3.63, 3.8) is 0 Å². The average molecular weight is 432 g/mol. The Morgan fingerprint density at radius 3 is 2.59 bits per heavy atom. The van der Waals surface area contributed by atoms with Gasteiger partial charge in [0.1, 0.15) is 5.76 Å². The number of rotatable bonds is 6. The summed E-state index contributed by atoms with van der Waals surface area (Å²) < 4.78 is 5.50. The number of amides is 2. The van der Waals surface area contributed by atoms with Crippen LogP contribution in [-0.2, 0) is 6.54 Å². The summed E-state index contributed by atoms with van der Waals surface area (Å²) in [7, 11) is 0. The summed E-state index contributed by atoms with van der Waals surface area (Å²) in [6.07, 6.45) is 1.78. The molecule has 2 heterocycles. The summed E-state index contributed by atoms with van der Waals surface area (Å²) in [5, 5.41) is 6.83. The zero-order valence-electron chi connectivity index (χ0n) is 18.6. The molecular weight excluding hydrogens is 402 g/mol. The Balaban J connectivity index is 1.37. The van der Waals surface area contributed by atoms with E-state index in [0.717, 1.165) is 24.9 Å². The van der Waals surface area contributed by atoms with Crippen molar-refractivity contribution in [1.29, 1.82) is 0 Å². The monoisotopic (exact) mass is 431 g/mol. The van der Waals surface area contributed by atoms with Gasteiger partial charge in [-0.2, -0.15) is 0 Å². The molecule has 166 valence electrons. The minimum absolute atomic E-state index is 0.0327. The van der Waals surface area contributed by atoms with E-state index < -0.39 is 0 Å². The summed E-state index contributed by atoms with van der Waals surface area (Å²) in [5.74, 6) is 0.889. The van der Waals surface area contributed by atoms with E-state index in [2.05, 4.69) is 24.3 Å². The standard InChI is InChI=1S/C26H29N3O3/c1-18(2)20-10-12-21(13-11-20)26(31)29-14-6-9-22(17-29)24-15-23(28-32-24)25(30)27-16-19-7-4-3-5-8-19/h3-5,7-8,10-13,15,18,22H,6,9,14,16-17H2,1-2H3,(H,27,30). The summed E-state index contributed by atoms with van der Waals surface area (Å²) in [4.78, 5) is 27.3. The van der Waals surface area contributed by atoms with Crippen molar-refractivity contribution < 1.29 is 14.1 Å². The number of aromatic nitrogens is 1. The quantitative estimate of drug-likeness (QED) is 0.611. The van der Waals surface area contributed by atoms with Crippen LogP contribution in [0.2, 0.25) is 0 Å². The first-order valence-corrected chi connectivity index (χ1v) is 11.2. The van der Waals surface area contributed by atoms with Crippen LogP contribution in [0.4, 0.5) is 0 Å². The number of carbonyl (C=O) groups is 2. The van der Waals surface area contributed by atoms with Crippen LogP contribution in [0, 0.1) is 0 Å². The molecule has 0 saturated carbocycles. The highest BCUT2D eigenvalue weighted by Crippen LogP contribution is 2.28. The molecule has 0 spiro atoms. The molecular formula is C26H29N3O3. The SMILES string of the molecule is CC(C)c1ccc(C(=O)N2CCCC(c3cc(C(=O)NCc4ccccc4)no3)C2)cc1. The summed E-state index contributed by atoms with van der Waals surface area (Å²) in [5.41, 5.74) is 3.21. The lowest BCUT2D eigenvalue weighted by molar-refractivity contribution is 0.0697. The smallest absolute Gasteiger partial charge is 0.273 e. The molecule has 1 N–H and O–H groups in total. The van der Waals surface area contributed by atoms with Crippen LogP contribution < -0.4 is 5.32 Å². The van der Waals surface area contributed by atoms with E-state index in [9.17, 15) is 9.59 Å². The zero-order chi connectivity index (χ0) is 22.5. The second-order valence-corrected chi connectivity index (χ2v) is 8.65. The fraction of sp³-hybridized carbons (Fsp3) is 0.346. The van der Waals surface area contributed by atoms with Gasteiger partial charge in [-0.05, 0) is 42.0 Å². The van der Waals surface area contributed by atoms with Gasteiger partial charge in [0.25, 0.3) is 11.8 Å². The molecule has 32 heavy (non-hydrogen) atoms. The molecule has 1 unspecified atom stereocenters. The van der Waals surface area contributed by atoms with Crippen LogP contribution in [0.1, 0.15) is 76.3 Å². The molecule has 1 saturated heterocycles. The molecule has 6 heteroatoms. The Bertz CT molecular complexity index is 1060. The van der Waals surface area contributed by atoms with E-state index in [1.807, 2.05) is 59.5 Å². The van der Waals surface area contributed by atoms with Gasteiger partial charge >= 0.3 is 0 Å². The van der Waals surface area contributed by atoms with Gasteiger partial charge in [0.15, 0.2) is 5.69 Å². The molecule has 0 radical (unpaired) electrons. The van der Waals surface area contributed by atoms with Crippen LogP contribution in [0.25, 0.3) is 0 Å². The highest BCUT2D eigenvalue weighted by atomic mass is 16.5. The van der Waals surface area contributed by atoms with Crippen LogP contribution in [0.3, 0.4) is 0 Å². The van der Waals surface area contributed by atoms with Crippen LogP contribution in [0.5, 0.6) is 0 Å². The largest absolute Gasteiger partial charge is 0.360 e. The first-order chi connectivity index (χ1) is 15.5. The third-order valence-electron chi connectivity index (χ3n) is 5.99. The molecule has 2 aromatic carbocycles. The average Bonchev–Trinajstić information content (AvgIpc) is 3.33. The molecule has 1 aromatic heterocycles. The molecule has 1 aliphatic rings. The Morgan fingerprint density at radius 2 is 1.88 bits per heavy atom. The number of nitrogens with one attached hydrogen (secondary N) is 1. The first kappa shape index (κ1) is 21.8. The number of piperidine rings is 1. The van der Waals surface area contributed by atoms with E-state index in [1.165, 1.54) is 5.56 Å². The Morgan fingerprint density at radius 1 is 1.12 bits per heavy atom. The van der Waals surface area contributed by atoms with E-state index in [0.29, 0.717) is 30.3 Å². The molecule has 3 aromatic rings. The van der Waals surface area contributed by atoms with Crippen LogP contribution in [0.15, 0.2) is 65.2 Å². The van der Waals surface area contributed by atoms with Crippen molar-refractivity contribution in [3.05, 3.63) is 88.8 Å². The number of likely N-dealkylation sites (tertiary alicyclic amines) is 1. The topological polar surface area (TPSA) is 75.4 Å². The van der Waals surface area contributed by atoms with Crippen molar-refractivity contribution in [1.82, 2.24) is 15.4 Å². The number of hydrogen-bond donors (Lipinski definition) is 1. The molecule has 4 rings (SSSR count). The lowest BCUT2D eigenvalue weighted by Gasteiger charge is -2.31. The maximum Gasteiger partial charge on any atom is 0.273 e. The number of nitrogens with zero attached hydrogens (tertiary/aromatic N) is 2. The second-order valence-electron chi connectivity index (χ2n) is 8.65. The molecule has 6 nitrogen and oxygen atoms in total. The van der Waals surface area contributed by atoms with Crippen molar-refractivity contribution in [2.24, 2.45) is 0 Å². The molecule has 1 atom stereocenters. The molecule has 0 bridgehead atoms. The van der Waals surface area contributed by atoms with Gasteiger partial charge in [-0.25, -0.2) is 0 Å². The summed E-state index contributed by atoms with van der Waals surface area (Å²) >= 11 is 0. The van der Waals surface area contributed by atoms with Crippen molar-refractivity contribution in [3.8, 4) is 0 Å². The van der Waals surface area contributed by atoms with E-state index in [-0.39, 0.29) is 23.4 Å². The lowest BCUT2D eigenvalue weighted by Crippen LogP contribution is -2.39. The molecule has 0 aliphatic carbocycles. The van der Waals surface area contributed by atoms with Gasteiger partial charge in [0.05, 0.1) is 0 Å². The van der Waals surface area contributed by atoms with Gasteiger partial charge in [0.2, 0.25) is 0 Å². The number of carbonyl (C=O) groups excluding carboxylic acids is 2. The van der Waals surface area contributed by atoms with E-state index in [1.54, 1.807) is 6.07 Å². The van der Waals surface area contributed by atoms with Gasteiger partial charge in [0, 0.05) is 37.2 Å². The van der Waals surface area contributed by atoms with E-state index in [4.69, 9.17) is 4.52 Å². The molecule has 2 amide bonds. The van der Waals surface area contributed by atoms with Gasteiger partial charge < -0.3 is 14.7 Å². The van der Waals surface area contributed by atoms with Crippen molar-refractivity contribution >= 4 is 11.8 Å².